The molecule has 0 amide bonds. The Hall–Kier alpha value is -1.18. The smallest absolute Gasteiger partial charge is 0.246 e. The molecular formula is C13H20N4O2S. The van der Waals surface area contributed by atoms with E-state index in [4.69, 9.17) is 0 Å². The monoisotopic (exact) mass is 296 g/mol. The molecular weight excluding hydrogens is 276 g/mol. The Labute approximate surface area is 119 Å². The standard InChI is InChI=1S/C13H20N4O2S/c1-14-13-12(3-2-6-15-13)20(18,19)17-9-7-16(8-10-17)11-4-5-11/h2-3,6,11H,4-5,7-10H2,1H3,(H,14,15). The molecule has 1 aliphatic carbocycles. The summed E-state index contributed by atoms with van der Waals surface area (Å²) < 4.78 is 26.9. The average Bonchev–Trinajstić information content (AvgIpc) is 3.32. The van der Waals surface area contributed by atoms with Crippen LogP contribution in [-0.2, 0) is 10.0 Å². The van der Waals surface area contributed by atoms with E-state index in [1.165, 1.54) is 12.8 Å². The molecule has 1 N–H and O–H groups in total. The third kappa shape index (κ3) is 2.53. The number of aromatic nitrogens is 1. The summed E-state index contributed by atoms with van der Waals surface area (Å²) in [6.07, 6.45) is 4.12. The zero-order valence-corrected chi connectivity index (χ0v) is 12.4. The molecule has 20 heavy (non-hydrogen) atoms. The first-order valence-electron chi connectivity index (χ1n) is 7.00. The summed E-state index contributed by atoms with van der Waals surface area (Å²) in [6, 6.07) is 3.97. The summed E-state index contributed by atoms with van der Waals surface area (Å²) in [4.78, 5) is 6.75. The largest absolute Gasteiger partial charge is 0.372 e. The van der Waals surface area contributed by atoms with E-state index in [0.29, 0.717) is 24.9 Å². The lowest BCUT2D eigenvalue weighted by Crippen LogP contribution is -2.49. The quantitative estimate of drug-likeness (QED) is 0.881. The van der Waals surface area contributed by atoms with Gasteiger partial charge in [0.1, 0.15) is 10.7 Å². The van der Waals surface area contributed by atoms with Crippen molar-refractivity contribution in [2.45, 2.75) is 23.8 Å². The second-order valence-electron chi connectivity index (χ2n) is 5.27. The van der Waals surface area contributed by atoms with Crippen LogP contribution in [0.15, 0.2) is 23.2 Å². The highest BCUT2D eigenvalue weighted by molar-refractivity contribution is 7.89. The second kappa shape index (κ2) is 5.31. The van der Waals surface area contributed by atoms with Crippen molar-refractivity contribution in [2.24, 2.45) is 0 Å². The van der Waals surface area contributed by atoms with E-state index >= 15 is 0 Å². The molecule has 110 valence electrons. The van der Waals surface area contributed by atoms with Gasteiger partial charge in [-0.05, 0) is 25.0 Å². The van der Waals surface area contributed by atoms with Crippen LogP contribution >= 0.6 is 0 Å². The van der Waals surface area contributed by atoms with Crippen LogP contribution in [0.1, 0.15) is 12.8 Å². The summed E-state index contributed by atoms with van der Waals surface area (Å²) in [5.74, 6) is 0.414. The van der Waals surface area contributed by atoms with Crippen LogP contribution in [-0.4, -0.2) is 61.9 Å². The van der Waals surface area contributed by atoms with Crippen LogP contribution < -0.4 is 5.32 Å². The number of pyridine rings is 1. The maximum atomic E-state index is 12.7. The lowest BCUT2D eigenvalue weighted by molar-refractivity contribution is 0.180. The fourth-order valence-electron chi connectivity index (χ4n) is 2.67. The van der Waals surface area contributed by atoms with Crippen molar-refractivity contribution in [3.8, 4) is 0 Å². The van der Waals surface area contributed by atoms with Crippen LogP contribution in [0.4, 0.5) is 5.82 Å². The molecule has 3 rings (SSSR count). The van der Waals surface area contributed by atoms with Gasteiger partial charge in [0.05, 0.1) is 0 Å². The molecule has 6 nitrogen and oxygen atoms in total. The highest BCUT2D eigenvalue weighted by Crippen LogP contribution is 2.29. The maximum absolute atomic E-state index is 12.7. The summed E-state index contributed by atoms with van der Waals surface area (Å²) in [7, 11) is -1.76. The van der Waals surface area contributed by atoms with Gasteiger partial charge in [-0.15, -0.1) is 0 Å². The Kier molecular flexibility index (Phi) is 3.66. The molecule has 1 aliphatic heterocycles. The molecule has 0 atom stereocenters. The van der Waals surface area contributed by atoms with Gasteiger partial charge >= 0.3 is 0 Å². The van der Waals surface area contributed by atoms with Crippen molar-refractivity contribution >= 4 is 15.8 Å². The fourth-order valence-corrected chi connectivity index (χ4v) is 4.25. The topological polar surface area (TPSA) is 65.5 Å². The third-order valence-electron chi connectivity index (χ3n) is 3.96. The Bertz CT molecular complexity index is 578. The van der Waals surface area contributed by atoms with Crippen LogP contribution in [0, 0.1) is 0 Å². The summed E-state index contributed by atoms with van der Waals surface area (Å²) in [5.41, 5.74) is 0. The van der Waals surface area contributed by atoms with Crippen LogP contribution in [0.25, 0.3) is 0 Å². The van der Waals surface area contributed by atoms with Crippen LogP contribution in [0.2, 0.25) is 0 Å². The maximum Gasteiger partial charge on any atom is 0.246 e. The number of rotatable bonds is 4. The van der Waals surface area contributed by atoms with E-state index in [-0.39, 0.29) is 4.90 Å². The van der Waals surface area contributed by atoms with Crippen molar-refractivity contribution in [1.82, 2.24) is 14.2 Å². The lowest BCUT2D eigenvalue weighted by atomic mass is 10.3. The zero-order chi connectivity index (χ0) is 14.2. The first-order chi connectivity index (χ1) is 9.63. The van der Waals surface area contributed by atoms with E-state index in [0.717, 1.165) is 13.1 Å². The Morgan fingerprint density at radius 3 is 2.55 bits per heavy atom. The van der Waals surface area contributed by atoms with E-state index in [9.17, 15) is 8.42 Å². The molecule has 0 unspecified atom stereocenters. The number of anilines is 1. The minimum Gasteiger partial charge on any atom is -0.372 e. The first kappa shape index (κ1) is 13.8. The summed E-state index contributed by atoms with van der Waals surface area (Å²) in [5, 5.41) is 2.85. The average molecular weight is 296 g/mol. The Balaban J connectivity index is 1.78. The van der Waals surface area contributed by atoms with E-state index < -0.39 is 10.0 Å². The molecule has 0 spiro atoms. The zero-order valence-electron chi connectivity index (χ0n) is 11.6. The molecule has 1 aromatic heterocycles. The van der Waals surface area contributed by atoms with E-state index in [1.807, 2.05) is 0 Å². The van der Waals surface area contributed by atoms with Gasteiger partial charge in [-0.1, -0.05) is 0 Å². The molecule has 0 aromatic carbocycles. The van der Waals surface area contributed by atoms with Gasteiger partial charge in [0.2, 0.25) is 10.0 Å². The predicted octanol–water partition coefficient (Wildman–Crippen LogP) is 0.592. The van der Waals surface area contributed by atoms with Crippen molar-refractivity contribution in [3.63, 3.8) is 0 Å². The summed E-state index contributed by atoms with van der Waals surface area (Å²) >= 11 is 0. The van der Waals surface area contributed by atoms with Gasteiger partial charge in [-0.25, -0.2) is 13.4 Å². The fraction of sp³-hybridized carbons (Fsp3) is 0.615. The van der Waals surface area contributed by atoms with Gasteiger partial charge in [0.25, 0.3) is 0 Å². The molecule has 1 aromatic rings. The summed E-state index contributed by atoms with van der Waals surface area (Å²) in [6.45, 7) is 2.80. The van der Waals surface area contributed by atoms with Gasteiger partial charge in [-0.2, -0.15) is 4.31 Å². The number of hydrogen-bond acceptors (Lipinski definition) is 5. The normalized spacial score (nSPS) is 21.9. The number of nitrogens with one attached hydrogen (secondary N) is 1. The highest BCUT2D eigenvalue weighted by atomic mass is 32.2. The number of piperazine rings is 1. The van der Waals surface area contributed by atoms with Crippen molar-refractivity contribution in [2.75, 3.05) is 38.5 Å². The second-order valence-corrected chi connectivity index (χ2v) is 7.18. The molecule has 0 radical (unpaired) electrons. The number of hydrogen-bond donors (Lipinski definition) is 1. The number of nitrogens with zero attached hydrogens (tertiary/aromatic N) is 3. The molecule has 2 fully saturated rings. The molecule has 1 saturated heterocycles. The van der Waals surface area contributed by atoms with Gasteiger partial charge in [0, 0.05) is 45.5 Å². The lowest BCUT2D eigenvalue weighted by Gasteiger charge is -2.34. The predicted molar refractivity (Wildman–Crippen MR) is 77.1 cm³/mol. The van der Waals surface area contributed by atoms with Crippen LogP contribution in [0.5, 0.6) is 0 Å². The van der Waals surface area contributed by atoms with Crippen LogP contribution in [0.3, 0.4) is 0 Å². The van der Waals surface area contributed by atoms with Crippen molar-refractivity contribution in [3.05, 3.63) is 18.3 Å². The Morgan fingerprint density at radius 1 is 1.25 bits per heavy atom. The van der Waals surface area contributed by atoms with Crippen molar-refractivity contribution in [1.29, 1.82) is 0 Å². The minimum atomic E-state index is -3.45. The van der Waals surface area contributed by atoms with Gasteiger partial charge < -0.3 is 5.32 Å². The van der Waals surface area contributed by atoms with Crippen molar-refractivity contribution < 1.29 is 8.42 Å². The highest BCUT2D eigenvalue weighted by Gasteiger charge is 2.35. The first-order valence-corrected chi connectivity index (χ1v) is 8.44. The molecule has 1 saturated carbocycles. The SMILES string of the molecule is CNc1ncccc1S(=O)(=O)N1CCN(C2CC2)CC1. The van der Waals surface area contributed by atoms with Gasteiger partial charge in [-0.3, -0.25) is 4.90 Å². The molecule has 2 aliphatic rings. The molecule has 2 heterocycles. The van der Waals surface area contributed by atoms with E-state index in [2.05, 4.69) is 15.2 Å². The molecule has 7 heteroatoms. The Morgan fingerprint density at radius 2 is 1.95 bits per heavy atom. The third-order valence-corrected chi connectivity index (χ3v) is 5.89. The van der Waals surface area contributed by atoms with E-state index in [1.54, 1.807) is 29.7 Å². The molecule has 0 bridgehead atoms. The minimum absolute atomic E-state index is 0.266. The van der Waals surface area contributed by atoms with Gasteiger partial charge in [0.15, 0.2) is 0 Å². The number of sulfonamides is 1.